The quantitative estimate of drug-likeness (QED) is 0.555. The van der Waals surface area contributed by atoms with Gasteiger partial charge in [0.05, 0.1) is 27.4 Å². The van der Waals surface area contributed by atoms with Crippen LogP contribution in [0.15, 0.2) is 29.6 Å². The molecule has 3 aromatic rings. The summed E-state index contributed by atoms with van der Waals surface area (Å²) in [5.41, 5.74) is 1.08. The molecule has 0 radical (unpaired) electrons. The molecule has 2 aromatic heterocycles. The van der Waals surface area contributed by atoms with Gasteiger partial charge in [-0.25, -0.2) is 13.8 Å². The predicted molar refractivity (Wildman–Crippen MR) is 98.3 cm³/mol. The molecule has 3 rings (SSSR count). The molecule has 0 spiro atoms. The van der Waals surface area contributed by atoms with Crippen molar-refractivity contribution in [2.45, 2.75) is 10.9 Å². The first-order valence-electron chi connectivity index (χ1n) is 8.67. The minimum absolute atomic E-state index is 0. The lowest BCUT2D eigenvalue weighted by molar-refractivity contribution is 0.183. The van der Waals surface area contributed by atoms with Crippen LogP contribution in [-0.4, -0.2) is 41.2 Å². The minimum Gasteiger partial charge on any atom is -0.493 e. The highest BCUT2D eigenvalue weighted by molar-refractivity contribution is 7.98. The Morgan fingerprint density at radius 3 is 2.85 bits per heavy atom. The molecule has 0 saturated carbocycles. The molecule has 11 heteroatoms. The van der Waals surface area contributed by atoms with Crippen molar-refractivity contribution in [3.8, 4) is 17.2 Å². The Morgan fingerprint density at radius 2 is 2.11 bits per heavy atom. The molecule has 1 aromatic carbocycles. The second-order valence-corrected chi connectivity index (χ2v) is 6.20. The van der Waals surface area contributed by atoms with Gasteiger partial charge in [-0.3, -0.25) is 4.98 Å². The molecule has 2 heterocycles. The van der Waals surface area contributed by atoms with E-state index in [4.69, 9.17) is 29.9 Å². The average molecular weight is 423 g/mol. The number of nitrogens with zero attached hydrogens (tertiary/aromatic N) is 2. The second-order valence-electron chi connectivity index (χ2n) is 4.83. The number of methoxy groups -OCH3 is 1. The highest BCUT2D eigenvalue weighted by atomic mass is 35.5. The molecule has 0 bridgehead atoms. The van der Waals surface area contributed by atoms with Crippen LogP contribution in [0.4, 0.5) is 8.78 Å². The van der Waals surface area contributed by atoms with Crippen LogP contribution >= 0.6 is 23.4 Å². The number of alkyl halides is 2. The van der Waals surface area contributed by atoms with E-state index >= 15 is 0 Å². The van der Waals surface area contributed by atoms with Gasteiger partial charge >= 0.3 is 0 Å². The third-order valence-electron chi connectivity index (χ3n) is 3.31. The summed E-state index contributed by atoms with van der Waals surface area (Å²) in [5.74, 6) is 0.370. The summed E-state index contributed by atoms with van der Waals surface area (Å²) in [7, 11) is -2.68. The molecule has 0 aliphatic heterocycles. The summed E-state index contributed by atoms with van der Waals surface area (Å²) in [6.45, 7) is -2.14. The normalized spacial score (nSPS) is 12.6. The molecule has 7 nitrogen and oxygen atoms in total. The molecular weight excluding hydrogens is 404 g/mol. The number of thioether (sulfide) groups is 1. The van der Waals surface area contributed by atoms with E-state index in [-0.39, 0.29) is 33.5 Å². The Balaban J connectivity index is 0.00000320. The number of halogens is 3. The number of ether oxygens (including phenoxy) is 3. The molecule has 0 unspecified atom stereocenters. The van der Waals surface area contributed by atoms with Gasteiger partial charge in [0.1, 0.15) is 11.3 Å². The number of fused-ring (bicyclic) bond motifs is 1. The second kappa shape index (κ2) is 9.58. The van der Waals surface area contributed by atoms with Crippen molar-refractivity contribution >= 4 is 34.4 Å². The van der Waals surface area contributed by atoms with Crippen LogP contribution in [0.5, 0.6) is 17.2 Å². The third kappa shape index (κ3) is 4.71. The number of hydrogen-bond acceptors (Lipinski definition) is 6. The molecule has 0 atom stereocenters. The van der Waals surface area contributed by atoms with Gasteiger partial charge in [-0.05, 0) is 6.07 Å². The van der Waals surface area contributed by atoms with Crippen molar-refractivity contribution in [3.63, 3.8) is 0 Å². The topological polar surface area (TPSA) is 101 Å². The minimum atomic E-state index is -2.68. The highest BCUT2D eigenvalue weighted by Gasteiger charge is 2.14. The van der Waals surface area contributed by atoms with E-state index in [9.17, 15) is 8.78 Å². The number of rotatable bonds is 8. The number of imidazole rings is 1. The van der Waals surface area contributed by atoms with Crippen LogP contribution in [0.2, 0.25) is 5.02 Å². The van der Waals surface area contributed by atoms with E-state index in [1.807, 2.05) is 0 Å². The molecule has 3 N–H and O–H groups in total. The molecule has 0 aliphatic carbocycles. The Bertz CT molecular complexity index is 1010. The summed E-state index contributed by atoms with van der Waals surface area (Å²) < 4.78 is 61.6. The molecule has 0 aliphatic rings. The monoisotopic (exact) mass is 422 g/mol. The average Bonchev–Trinajstić information content (AvgIpc) is 3.05. The van der Waals surface area contributed by atoms with Crippen molar-refractivity contribution in [2.24, 2.45) is 0 Å². The van der Waals surface area contributed by atoms with Gasteiger partial charge in [-0.15, -0.1) is 0 Å². The number of benzene rings is 1. The summed E-state index contributed by atoms with van der Waals surface area (Å²) in [6.07, 6.45) is 1.43. The Morgan fingerprint density at radius 1 is 1.30 bits per heavy atom. The number of aromatic amines is 1. The van der Waals surface area contributed by atoms with Crippen LogP contribution < -0.4 is 14.2 Å². The summed E-state index contributed by atoms with van der Waals surface area (Å²) >= 11 is 7.22. The van der Waals surface area contributed by atoms with E-state index < -0.39 is 20.8 Å². The predicted octanol–water partition coefficient (Wildman–Crippen LogP) is 3.70. The SMILES string of the molecule is O.[2H]C([2H])([2H])Oc1c(Cl)ccnc1CSc1nc2c(OCF)cc(OCF)cc2[nH]1. The van der Waals surface area contributed by atoms with Gasteiger partial charge in [0.15, 0.2) is 16.7 Å². The van der Waals surface area contributed by atoms with Gasteiger partial charge in [0.25, 0.3) is 0 Å². The lowest BCUT2D eigenvalue weighted by Gasteiger charge is -2.07. The fourth-order valence-electron chi connectivity index (χ4n) is 2.23. The van der Waals surface area contributed by atoms with E-state index in [1.165, 1.54) is 36.2 Å². The van der Waals surface area contributed by atoms with Crippen LogP contribution in [0.25, 0.3) is 11.0 Å². The maximum Gasteiger partial charge on any atom is 0.228 e. The lowest BCUT2D eigenvalue weighted by Crippen LogP contribution is -1.95. The largest absolute Gasteiger partial charge is 0.493 e. The first kappa shape index (κ1) is 16.8. The standard InChI is InChI=1S/C16H14ClF2N3O3S.H2O/c1-23-15-10(17)2-3-20-12(15)6-26-16-21-11-4-9(24-7-18)5-13(25-8-19)14(11)22-16;/h2-5H,6-8H2,1H3,(H,21,22);1H2/i1D3;. The Labute approximate surface area is 166 Å². The highest BCUT2D eigenvalue weighted by Crippen LogP contribution is 2.34. The van der Waals surface area contributed by atoms with E-state index in [0.717, 1.165) is 0 Å². The summed E-state index contributed by atoms with van der Waals surface area (Å²) in [4.78, 5) is 11.4. The van der Waals surface area contributed by atoms with Crippen LogP contribution in [0.3, 0.4) is 0 Å². The van der Waals surface area contributed by atoms with Crippen molar-refractivity contribution in [1.29, 1.82) is 0 Å². The van der Waals surface area contributed by atoms with Crippen molar-refractivity contribution < 1.29 is 32.6 Å². The molecule has 27 heavy (non-hydrogen) atoms. The van der Waals surface area contributed by atoms with E-state index in [2.05, 4.69) is 15.0 Å². The maximum atomic E-state index is 12.7. The summed E-state index contributed by atoms with van der Waals surface area (Å²) in [5, 5.41) is 0.519. The fourth-order valence-corrected chi connectivity index (χ4v) is 3.25. The zero-order chi connectivity index (χ0) is 21.0. The van der Waals surface area contributed by atoms with Crippen molar-refractivity contribution in [1.82, 2.24) is 15.0 Å². The van der Waals surface area contributed by atoms with E-state index in [1.54, 1.807) is 0 Å². The molecule has 0 fully saturated rings. The molecule has 0 saturated heterocycles. The van der Waals surface area contributed by atoms with Crippen LogP contribution in [0, 0.1) is 0 Å². The van der Waals surface area contributed by atoms with Crippen molar-refractivity contribution in [2.75, 3.05) is 20.8 Å². The van der Waals surface area contributed by atoms with Gasteiger partial charge in [0, 0.05) is 24.1 Å². The molecule has 146 valence electrons. The Kier molecular flexibility index (Phi) is 5.98. The Hall–Kier alpha value is -2.30. The number of nitrogens with one attached hydrogen (secondary N) is 1. The zero-order valence-electron chi connectivity index (χ0n) is 16.6. The van der Waals surface area contributed by atoms with Gasteiger partial charge < -0.3 is 24.7 Å². The van der Waals surface area contributed by atoms with Gasteiger partial charge in [-0.1, -0.05) is 23.4 Å². The fraction of sp³-hybridized carbons (Fsp3) is 0.250. The molecule has 0 amide bonds. The van der Waals surface area contributed by atoms with Crippen LogP contribution in [-0.2, 0) is 5.75 Å². The summed E-state index contributed by atoms with van der Waals surface area (Å²) in [6, 6.07) is 4.25. The smallest absolute Gasteiger partial charge is 0.228 e. The maximum absolute atomic E-state index is 12.7. The zero-order valence-corrected chi connectivity index (χ0v) is 15.2. The van der Waals surface area contributed by atoms with E-state index in [0.29, 0.717) is 21.9 Å². The van der Waals surface area contributed by atoms with Crippen molar-refractivity contribution in [3.05, 3.63) is 35.1 Å². The number of pyridine rings is 1. The number of hydrogen-bond donors (Lipinski definition) is 1. The van der Waals surface area contributed by atoms with Crippen LogP contribution in [0.1, 0.15) is 9.81 Å². The van der Waals surface area contributed by atoms with Gasteiger partial charge in [0.2, 0.25) is 13.7 Å². The number of aromatic nitrogens is 3. The number of H-pyrrole nitrogens is 1. The first-order chi connectivity index (χ1) is 13.8. The molecular formula is C16H16ClF2N3O4S. The van der Waals surface area contributed by atoms with Gasteiger partial charge in [-0.2, -0.15) is 0 Å². The first-order valence-corrected chi connectivity index (χ1v) is 8.53. The lowest BCUT2D eigenvalue weighted by atomic mass is 10.3. The third-order valence-corrected chi connectivity index (χ3v) is 4.49.